The highest BCUT2D eigenvalue weighted by Gasteiger charge is 2.06. The zero-order valence-electron chi connectivity index (χ0n) is 11.9. The lowest BCUT2D eigenvalue weighted by Crippen LogP contribution is -3.00. The monoisotopic (exact) mass is 309 g/mol. The van der Waals surface area contributed by atoms with Gasteiger partial charge < -0.3 is 28.8 Å². The predicted octanol–water partition coefficient (Wildman–Crippen LogP) is -2.87. The van der Waals surface area contributed by atoms with Crippen molar-refractivity contribution in [3.63, 3.8) is 0 Å². The minimum atomic E-state index is -0.0102. The van der Waals surface area contributed by atoms with Gasteiger partial charge in [-0.3, -0.25) is 4.79 Å². The zero-order chi connectivity index (χ0) is 14.4. The van der Waals surface area contributed by atoms with Gasteiger partial charge in [-0.05, 0) is 12.1 Å². The van der Waals surface area contributed by atoms with Crippen LogP contribution in [0.4, 0.5) is 11.4 Å². The number of nitrogen functional groups attached to an aromatic ring is 1. The number of hydrogen-bond acceptors (Lipinski definition) is 3. The summed E-state index contributed by atoms with van der Waals surface area (Å²) < 4.78 is 3.73. The van der Waals surface area contributed by atoms with E-state index in [4.69, 9.17) is 5.73 Å². The summed E-state index contributed by atoms with van der Waals surface area (Å²) in [6, 6.07) is 7.56. The molecular formula is C14H20ClN5O. The lowest BCUT2D eigenvalue weighted by molar-refractivity contribution is -0.671. The fourth-order valence-electron chi connectivity index (χ4n) is 1.87. The van der Waals surface area contributed by atoms with Crippen LogP contribution in [-0.2, 0) is 18.4 Å². The Labute approximate surface area is 130 Å². The van der Waals surface area contributed by atoms with Crippen molar-refractivity contribution >= 4 is 17.3 Å². The van der Waals surface area contributed by atoms with Gasteiger partial charge in [-0.25, -0.2) is 9.13 Å². The third kappa shape index (κ3) is 5.35. The molecule has 1 aromatic heterocycles. The van der Waals surface area contributed by atoms with Crippen LogP contribution in [0.1, 0.15) is 0 Å². The number of halogens is 1. The highest BCUT2D eigenvalue weighted by atomic mass is 35.5. The van der Waals surface area contributed by atoms with Gasteiger partial charge in [0, 0.05) is 13.1 Å². The second-order valence-corrected chi connectivity index (χ2v) is 4.62. The number of aromatic nitrogens is 2. The molecule has 0 radical (unpaired) electrons. The second kappa shape index (κ2) is 8.16. The number of nitrogens with two attached hydrogens (primary N) is 1. The van der Waals surface area contributed by atoms with Crippen LogP contribution in [0, 0.1) is 0 Å². The molecular weight excluding hydrogens is 290 g/mol. The molecule has 0 unspecified atom stereocenters. The number of imidazole rings is 1. The van der Waals surface area contributed by atoms with Crippen molar-refractivity contribution in [2.24, 2.45) is 7.05 Å². The molecule has 0 spiro atoms. The van der Waals surface area contributed by atoms with Gasteiger partial charge in [0.05, 0.1) is 18.4 Å². The van der Waals surface area contributed by atoms with E-state index in [0.29, 0.717) is 25.3 Å². The van der Waals surface area contributed by atoms with Crippen LogP contribution in [-0.4, -0.2) is 23.6 Å². The van der Waals surface area contributed by atoms with Crippen LogP contribution in [0.2, 0.25) is 0 Å². The van der Waals surface area contributed by atoms with Gasteiger partial charge in [-0.2, -0.15) is 0 Å². The zero-order valence-corrected chi connectivity index (χ0v) is 12.7. The molecule has 4 N–H and O–H groups in total. The molecule has 0 fully saturated rings. The van der Waals surface area contributed by atoms with E-state index in [0.717, 1.165) is 5.69 Å². The number of carbonyl (C=O) groups excluding carboxylic acids is 1. The number of carbonyl (C=O) groups is 1. The fraction of sp³-hybridized carbons (Fsp3) is 0.286. The van der Waals surface area contributed by atoms with Crippen molar-refractivity contribution in [2.75, 3.05) is 24.1 Å². The van der Waals surface area contributed by atoms with E-state index >= 15 is 0 Å². The third-order valence-electron chi connectivity index (χ3n) is 2.87. The van der Waals surface area contributed by atoms with Gasteiger partial charge in [-0.1, -0.05) is 12.1 Å². The third-order valence-corrected chi connectivity index (χ3v) is 2.87. The summed E-state index contributed by atoms with van der Waals surface area (Å²) >= 11 is 0. The van der Waals surface area contributed by atoms with Crippen molar-refractivity contribution in [2.45, 2.75) is 6.54 Å². The maximum absolute atomic E-state index is 11.7. The standard InChI is InChI=1S/C14H19N5O.ClH/c1-18-8-9-19(11-18)10-14(20)17-7-6-16-13-5-3-2-4-12(13)15;/h2-5,8-9,11,16H,6-7,10,15H2,1H3;1H. The van der Waals surface area contributed by atoms with Gasteiger partial charge >= 0.3 is 0 Å². The van der Waals surface area contributed by atoms with E-state index in [1.165, 1.54) is 0 Å². The van der Waals surface area contributed by atoms with E-state index in [1.807, 2.05) is 59.2 Å². The van der Waals surface area contributed by atoms with Gasteiger partial charge in [0.2, 0.25) is 6.33 Å². The van der Waals surface area contributed by atoms with Crippen LogP contribution in [0.15, 0.2) is 43.0 Å². The van der Waals surface area contributed by atoms with Crippen molar-refractivity contribution in [3.8, 4) is 0 Å². The molecule has 0 bridgehead atoms. The molecule has 0 aliphatic carbocycles. The molecule has 0 saturated heterocycles. The summed E-state index contributed by atoms with van der Waals surface area (Å²) in [5.41, 5.74) is 7.41. The van der Waals surface area contributed by atoms with Crippen molar-refractivity contribution in [3.05, 3.63) is 43.0 Å². The highest BCUT2D eigenvalue weighted by Crippen LogP contribution is 2.15. The Kier molecular flexibility index (Phi) is 6.55. The maximum atomic E-state index is 11.7. The summed E-state index contributed by atoms with van der Waals surface area (Å²) in [7, 11) is 1.92. The van der Waals surface area contributed by atoms with Crippen LogP contribution in [0.3, 0.4) is 0 Å². The average molecular weight is 310 g/mol. The van der Waals surface area contributed by atoms with E-state index in [9.17, 15) is 4.79 Å². The lowest BCUT2D eigenvalue weighted by Gasteiger charge is -2.09. The number of nitrogens with zero attached hydrogens (tertiary/aromatic N) is 2. The van der Waals surface area contributed by atoms with E-state index in [-0.39, 0.29) is 18.3 Å². The number of nitrogens with one attached hydrogen (secondary N) is 2. The molecule has 1 aromatic carbocycles. The summed E-state index contributed by atoms with van der Waals surface area (Å²) in [6.07, 6.45) is 5.62. The van der Waals surface area contributed by atoms with Crippen molar-refractivity contribution in [1.82, 2.24) is 9.88 Å². The normalized spacial score (nSPS) is 9.76. The van der Waals surface area contributed by atoms with Crippen LogP contribution >= 0.6 is 0 Å². The number of hydrogen-bond donors (Lipinski definition) is 3. The van der Waals surface area contributed by atoms with Crippen LogP contribution in [0.25, 0.3) is 0 Å². The molecule has 6 nitrogen and oxygen atoms in total. The van der Waals surface area contributed by atoms with Gasteiger partial charge in [-0.15, -0.1) is 0 Å². The number of aryl methyl sites for hydroxylation is 1. The smallest absolute Gasteiger partial charge is 0.262 e. The fourth-order valence-corrected chi connectivity index (χ4v) is 1.87. The van der Waals surface area contributed by atoms with Crippen LogP contribution in [0.5, 0.6) is 0 Å². The van der Waals surface area contributed by atoms with E-state index < -0.39 is 0 Å². The van der Waals surface area contributed by atoms with E-state index in [1.54, 1.807) is 0 Å². The lowest BCUT2D eigenvalue weighted by atomic mass is 10.3. The minimum Gasteiger partial charge on any atom is -1.00 e. The number of rotatable bonds is 6. The molecule has 0 aliphatic heterocycles. The van der Waals surface area contributed by atoms with Crippen molar-refractivity contribution in [1.29, 1.82) is 0 Å². The largest absolute Gasteiger partial charge is 1.00 e. The Morgan fingerprint density at radius 1 is 1.33 bits per heavy atom. The summed E-state index contributed by atoms with van der Waals surface area (Å²) in [5.74, 6) is -0.0102. The Morgan fingerprint density at radius 3 is 2.76 bits per heavy atom. The molecule has 2 rings (SSSR count). The Bertz CT molecular complexity index is 584. The molecule has 1 heterocycles. The first-order valence-corrected chi connectivity index (χ1v) is 6.51. The molecule has 0 atom stereocenters. The predicted molar refractivity (Wildman–Crippen MR) is 78.0 cm³/mol. The average Bonchev–Trinajstić information content (AvgIpc) is 2.82. The molecule has 0 saturated carbocycles. The molecule has 114 valence electrons. The van der Waals surface area contributed by atoms with Crippen molar-refractivity contribution < 1.29 is 21.8 Å². The minimum absolute atomic E-state index is 0. The topological polar surface area (TPSA) is 76.0 Å². The summed E-state index contributed by atoms with van der Waals surface area (Å²) in [4.78, 5) is 11.7. The maximum Gasteiger partial charge on any atom is 0.262 e. The number of benzene rings is 1. The van der Waals surface area contributed by atoms with Crippen LogP contribution < -0.4 is 33.3 Å². The first-order valence-electron chi connectivity index (χ1n) is 6.51. The number of anilines is 2. The van der Waals surface area contributed by atoms with Gasteiger partial charge in [0.15, 0.2) is 6.54 Å². The number of para-hydroxylation sites is 2. The summed E-state index contributed by atoms with van der Waals surface area (Å²) in [5, 5.41) is 6.04. The molecule has 7 heteroatoms. The number of amides is 1. The molecule has 2 aromatic rings. The first-order chi connectivity index (χ1) is 9.65. The Morgan fingerprint density at radius 2 is 2.10 bits per heavy atom. The summed E-state index contributed by atoms with van der Waals surface area (Å²) in [6.45, 7) is 1.52. The second-order valence-electron chi connectivity index (χ2n) is 4.62. The first kappa shape index (κ1) is 16.8. The van der Waals surface area contributed by atoms with E-state index in [2.05, 4.69) is 10.6 Å². The molecule has 21 heavy (non-hydrogen) atoms. The molecule has 0 aliphatic rings. The quantitative estimate of drug-likeness (QED) is 0.305. The Hall–Kier alpha value is -2.21. The van der Waals surface area contributed by atoms with Gasteiger partial charge in [0.25, 0.3) is 5.91 Å². The van der Waals surface area contributed by atoms with Gasteiger partial charge in [0.1, 0.15) is 12.4 Å². The molecule has 1 amide bonds. The highest BCUT2D eigenvalue weighted by molar-refractivity contribution is 5.75. The Balaban J connectivity index is 0.00000220. The SMILES string of the molecule is C[n+]1ccn(CC(=O)NCCNc2ccccc2N)c1.[Cl-].